The summed E-state index contributed by atoms with van der Waals surface area (Å²) < 4.78 is 17.0. The molecule has 0 bridgehead atoms. The van der Waals surface area contributed by atoms with Crippen LogP contribution in [0.15, 0.2) is 52.9 Å². The summed E-state index contributed by atoms with van der Waals surface area (Å²) in [4.78, 5) is 15.7. The van der Waals surface area contributed by atoms with Crippen molar-refractivity contribution in [3.8, 4) is 0 Å². The Morgan fingerprint density at radius 3 is 2.75 bits per heavy atom. The quantitative estimate of drug-likeness (QED) is 0.684. The fourth-order valence-electron chi connectivity index (χ4n) is 2.47. The minimum atomic E-state index is -1.04. The number of fused-ring (bicyclic) bond motifs is 1. The van der Waals surface area contributed by atoms with Crippen LogP contribution in [0.4, 0.5) is 0 Å². The van der Waals surface area contributed by atoms with Crippen LogP contribution in [0.25, 0.3) is 11.1 Å². The molecule has 0 fully saturated rings. The van der Waals surface area contributed by atoms with E-state index in [-0.39, 0.29) is 16.8 Å². The summed E-state index contributed by atoms with van der Waals surface area (Å²) >= 11 is 4.95. The van der Waals surface area contributed by atoms with E-state index < -0.39 is 10.8 Å². The first kappa shape index (κ1) is 16.6. The molecule has 0 saturated carbocycles. The lowest BCUT2D eigenvalue weighted by atomic mass is 10.1. The Kier molecular flexibility index (Phi) is 4.92. The van der Waals surface area contributed by atoms with Gasteiger partial charge < -0.3 is 14.7 Å². The molecule has 1 heterocycles. The van der Waals surface area contributed by atoms with Gasteiger partial charge in [0, 0.05) is 28.4 Å². The molecule has 0 spiro atoms. The highest BCUT2D eigenvalue weighted by Crippen LogP contribution is 2.18. The molecule has 5 nitrogen and oxygen atoms in total. The van der Waals surface area contributed by atoms with Crippen molar-refractivity contribution in [2.75, 3.05) is 12.0 Å². The van der Waals surface area contributed by atoms with Crippen molar-refractivity contribution in [2.24, 2.45) is 0 Å². The van der Waals surface area contributed by atoms with Crippen LogP contribution in [0.5, 0.6) is 0 Å². The van der Waals surface area contributed by atoms with Crippen LogP contribution in [0.2, 0.25) is 0 Å². The average Bonchev–Trinajstić information content (AvgIpc) is 2.93. The topological polar surface area (TPSA) is 75.1 Å². The molecule has 3 aromatic rings. The Morgan fingerprint density at radius 1 is 1.29 bits per heavy atom. The van der Waals surface area contributed by atoms with Crippen molar-refractivity contribution >= 4 is 40.0 Å². The van der Waals surface area contributed by atoms with Crippen LogP contribution in [-0.4, -0.2) is 27.1 Å². The largest absolute Gasteiger partial charge is 0.429 e. The van der Waals surface area contributed by atoms with Crippen LogP contribution < -0.4 is 5.32 Å². The van der Waals surface area contributed by atoms with Crippen LogP contribution in [0.3, 0.4) is 0 Å². The lowest BCUT2D eigenvalue weighted by Gasteiger charge is -2.18. The summed E-state index contributed by atoms with van der Waals surface area (Å²) in [6.45, 7) is 0. The summed E-state index contributed by atoms with van der Waals surface area (Å²) in [5, 5.41) is 2.94. The summed E-state index contributed by atoms with van der Waals surface area (Å²) in [5.41, 5.74) is 2.65. The van der Waals surface area contributed by atoms with E-state index in [9.17, 15) is 9.00 Å². The Bertz CT molecular complexity index is 947. The van der Waals surface area contributed by atoms with Gasteiger partial charge in [0.15, 0.2) is 5.58 Å². The Hall–Kier alpha value is -2.25. The summed E-state index contributed by atoms with van der Waals surface area (Å²) in [6.07, 6.45) is 1.62. The number of amides is 1. The van der Waals surface area contributed by atoms with Crippen LogP contribution in [0, 0.1) is 4.84 Å². The van der Waals surface area contributed by atoms with Gasteiger partial charge >= 0.3 is 0 Å². The third kappa shape index (κ3) is 3.80. The third-order valence-corrected chi connectivity index (χ3v) is 4.58. The van der Waals surface area contributed by atoms with Gasteiger partial charge in [-0.3, -0.25) is 9.00 Å². The Labute approximate surface area is 146 Å². The summed E-state index contributed by atoms with van der Waals surface area (Å²) in [6, 6.07) is 14.3. The van der Waals surface area contributed by atoms with Crippen molar-refractivity contribution < 1.29 is 13.4 Å². The Balaban J connectivity index is 1.86. The Morgan fingerprint density at radius 2 is 2.04 bits per heavy atom. The van der Waals surface area contributed by atoms with E-state index in [1.807, 2.05) is 30.3 Å². The number of hydrogen-bond donors (Lipinski definition) is 2. The highest BCUT2D eigenvalue weighted by Gasteiger charge is 2.17. The molecule has 2 atom stereocenters. The second kappa shape index (κ2) is 7.11. The van der Waals surface area contributed by atoms with Crippen molar-refractivity contribution in [3.63, 3.8) is 0 Å². The number of H-pyrrole nitrogens is 1. The van der Waals surface area contributed by atoms with Gasteiger partial charge in [0.2, 0.25) is 0 Å². The van der Waals surface area contributed by atoms with Gasteiger partial charge in [-0.05, 0) is 36.0 Å². The molecule has 24 heavy (non-hydrogen) atoms. The monoisotopic (exact) mass is 360 g/mol. The third-order valence-electron chi connectivity index (χ3n) is 3.59. The van der Waals surface area contributed by atoms with E-state index in [1.54, 1.807) is 24.5 Å². The molecule has 0 radical (unpaired) electrons. The second-order valence-corrected chi connectivity index (χ2v) is 7.25. The molecular weight excluding hydrogens is 344 g/mol. The van der Waals surface area contributed by atoms with E-state index in [2.05, 4.69) is 10.3 Å². The maximum absolute atomic E-state index is 12.6. The number of carbonyl (C=O) groups is 1. The molecule has 7 heteroatoms. The smallest absolute Gasteiger partial charge is 0.266 e. The molecule has 2 aromatic carbocycles. The first-order valence-corrected chi connectivity index (χ1v) is 9.45. The number of nitrogens with one attached hydrogen (secondary N) is 2. The SMILES string of the molecule is C[S@@](=O)C[C@@H](NC(=O)c1ccc2[nH]c(=S)oc2c1)c1ccccc1. The molecule has 1 aromatic heterocycles. The fraction of sp³-hybridized carbons (Fsp3) is 0.176. The standard InChI is InChI=1S/C17H16N2O3S2/c1-24(21)10-14(11-5-3-2-4-6-11)18-16(20)12-7-8-13-15(9-12)22-17(23)19-13/h2-9,14H,10H2,1H3,(H,18,20)(H,19,23)/t14-,24-/m1/s1. The fourth-order valence-corrected chi connectivity index (χ4v) is 3.41. The minimum absolute atomic E-state index is 0.251. The normalized spacial score (nSPS) is 13.5. The number of carbonyl (C=O) groups excluding carboxylic acids is 1. The van der Waals surface area contributed by atoms with Gasteiger partial charge in [0.1, 0.15) is 0 Å². The lowest BCUT2D eigenvalue weighted by Crippen LogP contribution is -2.31. The molecule has 0 unspecified atom stereocenters. The first-order chi connectivity index (χ1) is 11.5. The highest BCUT2D eigenvalue weighted by atomic mass is 32.2. The molecule has 3 rings (SSSR count). The van der Waals surface area contributed by atoms with Gasteiger partial charge in [-0.15, -0.1) is 0 Å². The van der Waals surface area contributed by atoms with E-state index in [0.29, 0.717) is 16.9 Å². The molecule has 0 aliphatic rings. The maximum Gasteiger partial charge on any atom is 0.266 e. The van der Waals surface area contributed by atoms with Crippen LogP contribution in [0.1, 0.15) is 22.0 Å². The first-order valence-electron chi connectivity index (χ1n) is 7.31. The number of benzene rings is 2. The van der Waals surface area contributed by atoms with Crippen molar-refractivity contribution in [2.45, 2.75) is 6.04 Å². The predicted octanol–water partition coefficient (Wildman–Crippen LogP) is 3.34. The molecule has 1 amide bonds. The van der Waals surface area contributed by atoms with Gasteiger partial charge in [-0.25, -0.2) is 0 Å². The van der Waals surface area contributed by atoms with Gasteiger partial charge in [0.25, 0.3) is 10.7 Å². The molecule has 0 aliphatic heterocycles. The second-order valence-electron chi connectivity index (χ2n) is 5.40. The molecular formula is C17H16N2O3S2. The number of aromatic nitrogens is 1. The van der Waals surface area contributed by atoms with Gasteiger partial charge in [0.05, 0.1) is 11.6 Å². The predicted molar refractivity (Wildman–Crippen MR) is 97.0 cm³/mol. The lowest BCUT2D eigenvalue weighted by molar-refractivity contribution is 0.0940. The van der Waals surface area contributed by atoms with E-state index in [0.717, 1.165) is 11.1 Å². The molecule has 0 saturated heterocycles. The van der Waals surface area contributed by atoms with E-state index in [4.69, 9.17) is 16.6 Å². The summed E-state index contributed by atoms with van der Waals surface area (Å²) in [7, 11) is -1.04. The highest BCUT2D eigenvalue weighted by molar-refractivity contribution is 7.84. The van der Waals surface area contributed by atoms with E-state index in [1.165, 1.54) is 0 Å². The molecule has 124 valence electrons. The van der Waals surface area contributed by atoms with Crippen molar-refractivity contribution in [1.29, 1.82) is 0 Å². The zero-order chi connectivity index (χ0) is 17.1. The molecule has 2 N–H and O–H groups in total. The summed E-state index contributed by atoms with van der Waals surface area (Å²) in [5.74, 6) is 0.0987. The zero-order valence-electron chi connectivity index (χ0n) is 12.9. The van der Waals surface area contributed by atoms with Gasteiger partial charge in [-0.2, -0.15) is 0 Å². The van der Waals surface area contributed by atoms with E-state index >= 15 is 0 Å². The minimum Gasteiger partial charge on any atom is -0.429 e. The van der Waals surface area contributed by atoms with Crippen molar-refractivity contribution in [1.82, 2.24) is 10.3 Å². The average molecular weight is 360 g/mol. The maximum atomic E-state index is 12.6. The van der Waals surface area contributed by atoms with Crippen LogP contribution in [-0.2, 0) is 10.8 Å². The van der Waals surface area contributed by atoms with Crippen molar-refractivity contribution in [3.05, 3.63) is 64.5 Å². The van der Waals surface area contributed by atoms with Crippen LogP contribution >= 0.6 is 12.2 Å². The number of oxazole rings is 1. The van der Waals surface area contributed by atoms with Gasteiger partial charge in [-0.1, -0.05) is 30.3 Å². The number of hydrogen-bond acceptors (Lipinski definition) is 4. The zero-order valence-corrected chi connectivity index (χ0v) is 14.6. The number of aromatic amines is 1. The molecule has 0 aliphatic carbocycles. The number of rotatable bonds is 5.